The Morgan fingerprint density at radius 2 is 2.21 bits per heavy atom. The van der Waals surface area contributed by atoms with Crippen LogP contribution in [0.1, 0.15) is 12.5 Å². The molecular weight excluding hydrogens is 183 g/mol. The minimum Gasteiger partial charge on any atom is -0.493 e. The first-order valence-electron chi connectivity index (χ1n) is 4.61. The molecule has 0 saturated heterocycles. The molecule has 1 rings (SSSR count). The number of methoxy groups -OCH3 is 1. The molecule has 0 spiro atoms. The van der Waals surface area contributed by atoms with Gasteiger partial charge in [0.15, 0.2) is 11.6 Å². The van der Waals surface area contributed by atoms with Gasteiger partial charge < -0.3 is 9.84 Å². The second-order valence-electron chi connectivity index (χ2n) is 3.42. The van der Waals surface area contributed by atoms with Gasteiger partial charge in [-0.2, -0.15) is 0 Å². The molecule has 3 heteroatoms. The van der Waals surface area contributed by atoms with Crippen LogP contribution in [-0.2, 0) is 6.42 Å². The Kier molecular flexibility index (Phi) is 3.89. The first-order valence-corrected chi connectivity index (χ1v) is 4.61. The van der Waals surface area contributed by atoms with Crippen LogP contribution in [-0.4, -0.2) is 18.8 Å². The maximum atomic E-state index is 13.2. The molecule has 0 aliphatic carbocycles. The minimum atomic E-state index is -0.352. The molecule has 0 amide bonds. The molecule has 0 aromatic heterocycles. The maximum absolute atomic E-state index is 13.2. The van der Waals surface area contributed by atoms with Crippen LogP contribution in [0.4, 0.5) is 4.39 Å². The minimum absolute atomic E-state index is 0.0969. The van der Waals surface area contributed by atoms with Crippen molar-refractivity contribution in [2.45, 2.75) is 13.3 Å². The van der Waals surface area contributed by atoms with Crippen molar-refractivity contribution in [2.75, 3.05) is 13.7 Å². The number of rotatable bonds is 4. The number of halogens is 1. The van der Waals surface area contributed by atoms with Crippen LogP contribution < -0.4 is 4.74 Å². The lowest BCUT2D eigenvalue weighted by Gasteiger charge is -2.12. The highest BCUT2D eigenvalue weighted by Gasteiger charge is 2.11. The molecule has 1 aromatic carbocycles. The molecule has 14 heavy (non-hydrogen) atoms. The van der Waals surface area contributed by atoms with Gasteiger partial charge in [-0.3, -0.25) is 0 Å². The van der Waals surface area contributed by atoms with Crippen molar-refractivity contribution < 1.29 is 14.2 Å². The number of aliphatic hydroxyl groups is 1. The quantitative estimate of drug-likeness (QED) is 0.801. The smallest absolute Gasteiger partial charge is 0.165 e. The van der Waals surface area contributed by atoms with Gasteiger partial charge in [-0.05, 0) is 24.0 Å². The molecule has 1 aromatic rings. The zero-order valence-corrected chi connectivity index (χ0v) is 8.46. The topological polar surface area (TPSA) is 29.5 Å². The van der Waals surface area contributed by atoms with E-state index in [-0.39, 0.29) is 24.1 Å². The van der Waals surface area contributed by atoms with Gasteiger partial charge in [0.05, 0.1) is 7.11 Å². The van der Waals surface area contributed by atoms with Crippen LogP contribution in [0.25, 0.3) is 0 Å². The van der Waals surface area contributed by atoms with Crippen molar-refractivity contribution in [3.8, 4) is 5.75 Å². The second-order valence-corrected chi connectivity index (χ2v) is 3.42. The Morgan fingerprint density at radius 1 is 1.50 bits per heavy atom. The summed E-state index contributed by atoms with van der Waals surface area (Å²) in [6, 6.07) is 4.83. The van der Waals surface area contributed by atoms with Crippen molar-refractivity contribution in [3.05, 3.63) is 29.6 Å². The molecule has 78 valence electrons. The van der Waals surface area contributed by atoms with E-state index < -0.39 is 0 Å². The van der Waals surface area contributed by atoms with Gasteiger partial charge in [0.25, 0.3) is 0 Å². The third-order valence-electron chi connectivity index (χ3n) is 2.13. The van der Waals surface area contributed by atoms with Gasteiger partial charge in [0.1, 0.15) is 0 Å². The Morgan fingerprint density at radius 3 is 2.79 bits per heavy atom. The molecule has 0 aliphatic rings. The van der Waals surface area contributed by atoms with Gasteiger partial charge in [0, 0.05) is 6.61 Å². The summed E-state index contributed by atoms with van der Waals surface area (Å²) in [5, 5.41) is 8.89. The zero-order chi connectivity index (χ0) is 10.6. The SMILES string of the molecule is COc1c(F)cccc1CC(C)CO. The fourth-order valence-corrected chi connectivity index (χ4v) is 1.38. The Bertz CT molecular complexity index is 299. The highest BCUT2D eigenvalue weighted by molar-refractivity contribution is 5.35. The van der Waals surface area contributed by atoms with Crippen LogP contribution in [0.5, 0.6) is 5.75 Å². The van der Waals surface area contributed by atoms with E-state index in [1.807, 2.05) is 13.0 Å². The second kappa shape index (κ2) is 4.96. The molecule has 0 saturated carbocycles. The van der Waals surface area contributed by atoms with E-state index in [1.54, 1.807) is 6.07 Å². The molecule has 1 N–H and O–H groups in total. The van der Waals surface area contributed by atoms with E-state index >= 15 is 0 Å². The normalized spacial score (nSPS) is 12.6. The van der Waals surface area contributed by atoms with E-state index in [1.165, 1.54) is 13.2 Å². The van der Waals surface area contributed by atoms with Crippen molar-refractivity contribution >= 4 is 0 Å². The van der Waals surface area contributed by atoms with Crippen LogP contribution in [0.2, 0.25) is 0 Å². The first kappa shape index (κ1) is 11.0. The first-order chi connectivity index (χ1) is 6.69. The average Bonchev–Trinajstić information content (AvgIpc) is 2.18. The van der Waals surface area contributed by atoms with Crippen LogP contribution in [0.3, 0.4) is 0 Å². The van der Waals surface area contributed by atoms with Crippen molar-refractivity contribution in [3.63, 3.8) is 0 Å². The van der Waals surface area contributed by atoms with Gasteiger partial charge in [-0.15, -0.1) is 0 Å². The van der Waals surface area contributed by atoms with Crippen molar-refractivity contribution in [2.24, 2.45) is 5.92 Å². The lowest BCUT2D eigenvalue weighted by atomic mass is 10.0. The van der Waals surface area contributed by atoms with Gasteiger partial charge in [-0.25, -0.2) is 4.39 Å². The van der Waals surface area contributed by atoms with E-state index in [2.05, 4.69) is 0 Å². The third kappa shape index (κ3) is 2.45. The molecular formula is C11H15FO2. The van der Waals surface area contributed by atoms with Crippen LogP contribution in [0.15, 0.2) is 18.2 Å². The fourth-order valence-electron chi connectivity index (χ4n) is 1.38. The molecule has 0 heterocycles. The molecule has 1 unspecified atom stereocenters. The maximum Gasteiger partial charge on any atom is 0.165 e. The summed E-state index contributed by atoms with van der Waals surface area (Å²) in [4.78, 5) is 0. The summed E-state index contributed by atoms with van der Waals surface area (Å²) in [5.74, 6) is 0.0497. The largest absolute Gasteiger partial charge is 0.493 e. The molecule has 0 radical (unpaired) electrons. The summed E-state index contributed by atoms with van der Waals surface area (Å²) in [6.07, 6.45) is 0.622. The molecule has 0 aliphatic heterocycles. The number of benzene rings is 1. The van der Waals surface area contributed by atoms with E-state index in [9.17, 15) is 4.39 Å². The molecule has 1 atom stereocenters. The standard InChI is InChI=1S/C11H15FO2/c1-8(7-13)6-9-4-3-5-10(12)11(9)14-2/h3-5,8,13H,6-7H2,1-2H3. The number of hydrogen-bond acceptors (Lipinski definition) is 2. The monoisotopic (exact) mass is 198 g/mol. The van der Waals surface area contributed by atoms with E-state index in [0.29, 0.717) is 6.42 Å². The van der Waals surface area contributed by atoms with Gasteiger partial charge in [0.2, 0.25) is 0 Å². The predicted octanol–water partition coefficient (Wildman–Crippen LogP) is 2.01. The van der Waals surface area contributed by atoms with E-state index in [0.717, 1.165) is 5.56 Å². The number of hydrogen-bond donors (Lipinski definition) is 1. The lowest BCUT2D eigenvalue weighted by Crippen LogP contribution is -2.06. The number of para-hydroxylation sites is 1. The molecule has 2 nitrogen and oxygen atoms in total. The number of aliphatic hydroxyl groups excluding tert-OH is 1. The predicted molar refractivity (Wildman–Crippen MR) is 52.9 cm³/mol. The fraction of sp³-hybridized carbons (Fsp3) is 0.455. The number of ether oxygens (including phenoxy) is 1. The van der Waals surface area contributed by atoms with Gasteiger partial charge in [-0.1, -0.05) is 19.1 Å². The Hall–Kier alpha value is -1.09. The molecule has 0 bridgehead atoms. The lowest BCUT2D eigenvalue weighted by molar-refractivity contribution is 0.235. The van der Waals surface area contributed by atoms with Crippen molar-refractivity contribution in [1.29, 1.82) is 0 Å². The summed E-state index contributed by atoms with van der Waals surface area (Å²) in [7, 11) is 1.45. The summed E-state index contributed by atoms with van der Waals surface area (Å²) in [5.41, 5.74) is 0.800. The Balaban J connectivity index is 2.90. The third-order valence-corrected chi connectivity index (χ3v) is 2.13. The van der Waals surface area contributed by atoms with Gasteiger partial charge >= 0.3 is 0 Å². The highest BCUT2D eigenvalue weighted by atomic mass is 19.1. The average molecular weight is 198 g/mol. The Labute approximate surface area is 83.3 Å². The molecule has 0 fully saturated rings. The van der Waals surface area contributed by atoms with E-state index in [4.69, 9.17) is 9.84 Å². The van der Waals surface area contributed by atoms with Crippen LogP contribution in [0, 0.1) is 11.7 Å². The van der Waals surface area contributed by atoms with Crippen molar-refractivity contribution in [1.82, 2.24) is 0 Å². The van der Waals surface area contributed by atoms with Crippen LogP contribution >= 0.6 is 0 Å². The summed E-state index contributed by atoms with van der Waals surface area (Å²) >= 11 is 0. The summed E-state index contributed by atoms with van der Waals surface area (Å²) in [6.45, 7) is 2.00. The summed E-state index contributed by atoms with van der Waals surface area (Å²) < 4.78 is 18.2. The highest BCUT2D eigenvalue weighted by Crippen LogP contribution is 2.24. The zero-order valence-electron chi connectivity index (χ0n) is 8.46.